The van der Waals surface area contributed by atoms with Crippen molar-refractivity contribution in [1.82, 2.24) is 5.32 Å². The lowest BCUT2D eigenvalue weighted by Gasteiger charge is -2.28. The van der Waals surface area contributed by atoms with Crippen LogP contribution in [-0.4, -0.2) is 28.0 Å². The van der Waals surface area contributed by atoms with E-state index in [0.29, 0.717) is 14.9 Å². The van der Waals surface area contributed by atoms with E-state index in [9.17, 15) is 14.4 Å². The lowest BCUT2D eigenvalue weighted by molar-refractivity contribution is -0.122. The van der Waals surface area contributed by atoms with Crippen molar-refractivity contribution in [3.63, 3.8) is 0 Å². The fraction of sp³-hybridized carbons (Fsp3) is 0. The zero-order chi connectivity index (χ0) is 18.1. The van der Waals surface area contributed by atoms with Crippen molar-refractivity contribution < 1.29 is 19.5 Å². The Kier molecular flexibility index (Phi) is 4.67. The highest BCUT2D eigenvalue weighted by atomic mass is 35.5. The summed E-state index contributed by atoms with van der Waals surface area (Å²) in [6.45, 7) is 0. The van der Waals surface area contributed by atoms with Crippen LogP contribution in [-0.2, 0) is 9.59 Å². The van der Waals surface area contributed by atoms with Gasteiger partial charge in [0.2, 0.25) is 0 Å². The second-order valence-electron chi connectivity index (χ2n) is 4.95. The van der Waals surface area contributed by atoms with Crippen LogP contribution in [0.25, 0.3) is 6.08 Å². The standard InChI is InChI=1S/C16H9ClN2O4S2/c17-12-6-5-10(25-12)7-11-13(20)18-16(24)19(14(11)21)9-3-1-8(2-4-9)15(22)23/h1-7H,(H,22,23)(H,18,20,24). The number of carbonyl (C=O) groups is 3. The fourth-order valence-corrected chi connectivity index (χ4v) is 3.48. The predicted molar refractivity (Wildman–Crippen MR) is 98.9 cm³/mol. The summed E-state index contributed by atoms with van der Waals surface area (Å²) >= 11 is 12.2. The number of carboxylic acid groups (broad SMARTS) is 1. The Morgan fingerprint density at radius 2 is 1.88 bits per heavy atom. The van der Waals surface area contributed by atoms with Crippen molar-refractivity contribution in [1.29, 1.82) is 0 Å². The number of aromatic carboxylic acids is 1. The van der Waals surface area contributed by atoms with E-state index in [-0.39, 0.29) is 16.2 Å². The van der Waals surface area contributed by atoms with Gasteiger partial charge in [0.25, 0.3) is 11.8 Å². The molecule has 1 saturated heterocycles. The van der Waals surface area contributed by atoms with E-state index in [2.05, 4.69) is 5.32 Å². The highest BCUT2D eigenvalue weighted by molar-refractivity contribution is 7.80. The summed E-state index contributed by atoms with van der Waals surface area (Å²) in [6.07, 6.45) is 1.44. The monoisotopic (exact) mass is 392 g/mol. The minimum Gasteiger partial charge on any atom is -0.478 e. The number of rotatable bonds is 3. The molecule has 0 atom stereocenters. The Labute approximate surface area is 156 Å². The van der Waals surface area contributed by atoms with Crippen molar-refractivity contribution in [2.75, 3.05) is 4.90 Å². The fourth-order valence-electron chi connectivity index (χ4n) is 2.19. The van der Waals surface area contributed by atoms with Crippen LogP contribution in [0.4, 0.5) is 5.69 Å². The number of hydrogen-bond donors (Lipinski definition) is 2. The Morgan fingerprint density at radius 1 is 1.20 bits per heavy atom. The molecule has 25 heavy (non-hydrogen) atoms. The molecule has 1 fully saturated rings. The van der Waals surface area contributed by atoms with E-state index in [4.69, 9.17) is 28.9 Å². The lowest BCUT2D eigenvalue weighted by atomic mass is 10.1. The Balaban J connectivity index is 1.98. The molecule has 1 aromatic carbocycles. The van der Waals surface area contributed by atoms with Crippen LogP contribution in [0, 0.1) is 0 Å². The van der Waals surface area contributed by atoms with Gasteiger partial charge in [0.15, 0.2) is 5.11 Å². The highest BCUT2D eigenvalue weighted by Gasteiger charge is 2.34. The number of halogens is 1. The minimum absolute atomic E-state index is 0.0700. The first-order valence-electron chi connectivity index (χ1n) is 6.87. The number of amides is 2. The van der Waals surface area contributed by atoms with E-state index in [1.54, 1.807) is 12.1 Å². The molecule has 6 nitrogen and oxygen atoms in total. The maximum absolute atomic E-state index is 12.7. The second-order valence-corrected chi connectivity index (χ2v) is 7.09. The predicted octanol–water partition coefficient (Wildman–Crippen LogP) is 2.93. The number of hydrogen-bond acceptors (Lipinski definition) is 5. The zero-order valence-corrected chi connectivity index (χ0v) is 14.7. The van der Waals surface area contributed by atoms with Gasteiger partial charge in [-0.15, -0.1) is 11.3 Å². The van der Waals surface area contributed by atoms with Gasteiger partial charge in [-0.3, -0.25) is 19.8 Å². The molecule has 126 valence electrons. The molecule has 0 saturated carbocycles. The number of carboxylic acids is 1. The van der Waals surface area contributed by atoms with E-state index >= 15 is 0 Å². The molecule has 0 spiro atoms. The maximum atomic E-state index is 12.7. The Morgan fingerprint density at radius 3 is 2.44 bits per heavy atom. The molecule has 0 bridgehead atoms. The van der Waals surface area contributed by atoms with Gasteiger partial charge in [-0.05, 0) is 54.7 Å². The molecule has 0 unspecified atom stereocenters. The van der Waals surface area contributed by atoms with Gasteiger partial charge in [-0.25, -0.2) is 4.79 Å². The summed E-state index contributed by atoms with van der Waals surface area (Å²) in [6, 6.07) is 8.96. The minimum atomic E-state index is -1.08. The third-order valence-corrected chi connectivity index (χ3v) is 4.82. The summed E-state index contributed by atoms with van der Waals surface area (Å²) in [4.78, 5) is 37.6. The van der Waals surface area contributed by atoms with Crippen LogP contribution in [0.2, 0.25) is 4.34 Å². The first kappa shape index (κ1) is 17.3. The van der Waals surface area contributed by atoms with Crippen LogP contribution in [0.1, 0.15) is 15.2 Å². The number of benzene rings is 1. The number of nitrogens with one attached hydrogen (secondary N) is 1. The van der Waals surface area contributed by atoms with Gasteiger partial charge in [0.05, 0.1) is 15.6 Å². The molecule has 2 amide bonds. The number of carbonyl (C=O) groups excluding carboxylic acids is 2. The molecule has 2 N–H and O–H groups in total. The first-order chi connectivity index (χ1) is 11.9. The van der Waals surface area contributed by atoms with Crippen LogP contribution in [0.3, 0.4) is 0 Å². The average molecular weight is 393 g/mol. The molecule has 3 rings (SSSR count). The van der Waals surface area contributed by atoms with Gasteiger partial charge < -0.3 is 5.11 Å². The van der Waals surface area contributed by atoms with Crippen LogP contribution in [0.15, 0.2) is 42.0 Å². The summed E-state index contributed by atoms with van der Waals surface area (Å²) in [5, 5.41) is 11.3. The quantitative estimate of drug-likeness (QED) is 0.476. The topological polar surface area (TPSA) is 86.7 Å². The third-order valence-electron chi connectivity index (χ3n) is 3.35. The molecule has 2 heterocycles. The molecular formula is C16H9ClN2O4S2. The maximum Gasteiger partial charge on any atom is 0.335 e. The smallest absolute Gasteiger partial charge is 0.335 e. The first-order valence-corrected chi connectivity index (χ1v) is 8.47. The molecule has 1 aromatic heterocycles. The summed E-state index contributed by atoms with van der Waals surface area (Å²) in [7, 11) is 0. The normalized spacial score (nSPS) is 16.3. The van der Waals surface area contributed by atoms with Gasteiger partial charge >= 0.3 is 5.97 Å². The zero-order valence-electron chi connectivity index (χ0n) is 12.4. The molecule has 0 radical (unpaired) electrons. The van der Waals surface area contributed by atoms with E-state index in [0.717, 1.165) is 4.90 Å². The summed E-state index contributed by atoms with van der Waals surface area (Å²) in [5.41, 5.74) is 0.344. The summed E-state index contributed by atoms with van der Waals surface area (Å²) < 4.78 is 0.534. The largest absolute Gasteiger partial charge is 0.478 e. The van der Waals surface area contributed by atoms with Crippen LogP contribution < -0.4 is 10.2 Å². The van der Waals surface area contributed by atoms with Crippen LogP contribution >= 0.6 is 35.2 Å². The number of thiophene rings is 1. The average Bonchev–Trinajstić information content (AvgIpc) is 2.97. The number of thiocarbonyl (C=S) groups is 1. The SMILES string of the molecule is O=C1NC(=S)N(c2ccc(C(=O)O)cc2)C(=O)C1=Cc1ccc(Cl)s1. The highest BCUT2D eigenvalue weighted by Crippen LogP contribution is 2.26. The van der Waals surface area contributed by atoms with E-state index in [1.165, 1.54) is 41.7 Å². The van der Waals surface area contributed by atoms with Crippen molar-refractivity contribution >= 4 is 69.8 Å². The van der Waals surface area contributed by atoms with Crippen molar-refractivity contribution in [2.24, 2.45) is 0 Å². The molecule has 1 aliphatic rings. The van der Waals surface area contributed by atoms with Gasteiger partial charge in [0.1, 0.15) is 5.57 Å². The Hall–Kier alpha value is -2.55. The molecule has 0 aliphatic carbocycles. The summed E-state index contributed by atoms with van der Waals surface area (Å²) in [5.74, 6) is -2.28. The van der Waals surface area contributed by atoms with Gasteiger partial charge in [-0.1, -0.05) is 11.6 Å². The van der Waals surface area contributed by atoms with Gasteiger partial charge in [0, 0.05) is 4.88 Å². The van der Waals surface area contributed by atoms with Crippen molar-refractivity contribution in [3.8, 4) is 0 Å². The van der Waals surface area contributed by atoms with Crippen molar-refractivity contribution in [3.05, 3.63) is 56.7 Å². The number of anilines is 1. The second kappa shape index (κ2) is 6.75. The van der Waals surface area contributed by atoms with E-state index in [1.807, 2.05) is 0 Å². The van der Waals surface area contributed by atoms with Gasteiger partial charge in [-0.2, -0.15) is 0 Å². The van der Waals surface area contributed by atoms with E-state index < -0.39 is 17.8 Å². The van der Waals surface area contributed by atoms with Crippen molar-refractivity contribution in [2.45, 2.75) is 0 Å². The van der Waals surface area contributed by atoms with Crippen LogP contribution in [0.5, 0.6) is 0 Å². The molecule has 2 aromatic rings. The molecule has 1 aliphatic heterocycles. The molecule has 9 heteroatoms. The Bertz CT molecular complexity index is 934. The third kappa shape index (κ3) is 3.46. The number of nitrogens with zero attached hydrogens (tertiary/aromatic N) is 1. The lowest BCUT2D eigenvalue weighted by Crippen LogP contribution is -2.54. The molecular weight excluding hydrogens is 384 g/mol.